The minimum atomic E-state index is -1.94. The van der Waals surface area contributed by atoms with E-state index in [4.69, 9.17) is 14.6 Å². The monoisotopic (exact) mass is 260 g/mol. The van der Waals surface area contributed by atoms with Crippen LogP contribution in [0, 0.1) is 0 Å². The third kappa shape index (κ3) is 3.76. The molecule has 3 atom stereocenters. The van der Waals surface area contributed by atoms with Crippen LogP contribution in [0.1, 0.15) is 33.1 Å². The molecule has 5 heteroatoms. The minimum absolute atomic E-state index is 0.0981. The Morgan fingerprint density at radius 3 is 2.82 bits per heavy atom. The minimum Gasteiger partial charge on any atom is -0.398 e. The van der Waals surface area contributed by atoms with Gasteiger partial charge in [-0.25, -0.2) is 0 Å². The van der Waals surface area contributed by atoms with Crippen molar-refractivity contribution < 1.29 is 8.85 Å². The first-order valence-electron chi connectivity index (χ1n) is 6.68. The Kier molecular flexibility index (Phi) is 5.59. The first kappa shape index (κ1) is 15.1. The zero-order valence-electron chi connectivity index (χ0n) is 11.7. The van der Waals surface area contributed by atoms with Crippen LogP contribution in [-0.4, -0.2) is 40.4 Å². The van der Waals surface area contributed by atoms with Crippen molar-refractivity contribution in [1.82, 2.24) is 5.32 Å². The Morgan fingerprint density at radius 2 is 2.29 bits per heavy atom. The third-order valence-corrected chi connectivity index (χ3v) is 6.89. The van der Waals surface area contributed by atoms with E-state index in [9.17, 15) is 0 Å². The van der Waals surface area contributed by atoms with Crippen molar-refractivity contribution in [2.45, 2.75) is 57.3 Å². The summed E-state index contributed by atoms with van der Waals surface area (Å²) in [5.41, 5.74) is 5.47. The molecule has 0 saturated carbocycles. The first-order valence-corrected chi connectivity index (χ1v) is 9.21. The van der Waals surface area contributed by atoms with Crippen molar-refractivity contribution in [1.29, 1.82) is 0 Å². The lowest BCUT2D eigenvalue weighted by Crippen LogP contribution is -2.59. The summed E-state index contributed by atoms with van der Waals surface area (Å²) in [5, 5.41) is 3.51. The molecule has 0 aromatic carbocycles. The average molecular weight is 260 g/mol. The van der Waals surface area contributed by atoms with Gasteiger partial charge in [-0.2, -0.15) is 0 Å². The highest BCUT2D eigenvalue weighted by atomic mass is 28.4. The molecule has 1 saturated heterocycles. The van der Waals surface area contributed by atoms with Gasteiger partial charge in [0.1, 0.15) is 0 Å². The van der Waals surface area contributed by atoms with Crippen LogP contribution in [0.3, 0.4) is 0 Å². The fourth-order valence-electron chi connectivity index (χ4n) is 2.79. The lowest BCUT2D eigenvalue weighted by Gasteiger charge is -2.47. The Morgan fingerprint density at radius 1 is 1.59 bits per heavy atom. The predicted molar refractivity (Wildman–Crippen MR) is 73.3 cm³/mol. The largest absolute Gasteiger partial charge is 0.398 e. The highest BCUT2D eigenvalue weighted by Crippen LogP contribution is 2.36. The predicted octanol–water partition coefficient (Wildman–Crippen LogP) is 1.60. The highest BCUT2D eigenvalue weighted by molar-refractivity contribution is 6.66. The summed E-state index contributed by atoms with van der Waals surface area (Å²) < 4.78 is 12.0. The smallest absolute Gasteiger partial charge is 0.335 e. The number of hydrogen-bond donors (Lipinski definition) is 2. The average Bonchev–Trinajstić information content (AvgIpc) is 2.29. The van der Waals surface area contributed by atoms with Gasteiger partial charge in [-0.1, -0.05) is 6.92 Å². The summed E-state index contributed by atoms with van der Waals surface area (Å²) in [6.45, 7) is 8.10. The molecule has 17 heavy (non-hydrogen) atoms. The van der Waals surface area contributed by atoms with Gasteiger partial charge in [-0.05, 0) is 38.8 Å². The number of rotatable bonds is 6. The van der Waals surface area contributed by atoms with Crippen LogP contribution in [0.5, 0.6) is 0 Å². The van der Waals surface area contributed by atoms with E-state index in [0.29, 0.717) is 12.6 Å². The quantitative estimate of drug-likeness (QED) is 0.712. The van der Waals surface area contributed by atoms with E-state index in [1.165, 1.54) is 6.42 Å². The molecule has 1 fully saturated rings. The van der Waals surface area contributed by atoms with Crippen LogP contribution < -0.4 is 11.1 Å². The van der Waals surface area contributed by atoms with E-state index in [2.05, 4.69) is 25.7 Å². The SMILES string of the molecule is CCC(NCCN)C1(C)CCC[Si](C)(OC)O1. The zero-order valence-corrected chi connectivity index (χ0v) is 12.7. The number of hydrogen-bond acceptors (Lipinski definition) is 4. The van der Waals surface area contributed by atoms with E-state index in [1.54, 1.807) is 7.11 Å². The second-order valence-electron chi connectivity index (χ2n) is 5.31. The maximum atomic E-state index is 6.37. The van der Waals surface area contributed by atoms with Gasteiger partial charge < -0.3 is 19.9 Å². The van der Waals surface area contributed by atoms with Gasteiger partial charge in [-0.3, -0.25) is 0 Å². The molecule has 0 radical (unpaired) electrons. The van der Waals surface area contributed by atoms with Crippen LogP contribution in [0.2, 0.25) is 12.6 Å². The second-order valence-corrected chi connectivity index (χ2v) is 8.69. The van der Waals surface area contributed by atoms with Crippen LogP contribution in [0.25, 0.3) is 0 Å². The van der Waals surface area contributed by atoms with Gasteiger partial charge in [0.2, 0.25) is 0 Å². The molecule has 0 aliphatic carbocycles. The molecular weight excluding hydrogens is 232 g/mol. The van der Waals surface area contributed by atoms with Gasteiger partial charge in [0.25, 0.3) is 0 Å². The summed E-state index contributed by atoms with van der Waals surface area (Å²) >= 11 is 0. The molecule has 3 N–H and O–H groups in total. The summed E-state index contributed by atoms with van der Waals surface area (Å²) in [6.07, 6.45) is 3.37. The van der Waals surface area contributed by atoms with Crippen LogP contribution in [0.4, 0.5) is 0 Å². The van der Waals surface area contributed by atoms with Crippen molar-refractivity contribution in [2.75, 3.05) is 20.2 Å². The molecule has 3 unspecified atom stereocenters. The normalized spacial score (nSPS) is 35.8. The van der Waals surface area contributed by atoms with E-state index in [1.807, 2.05) is 0 Å². The molecule has 0 spiro atoms. The number of nitrogens with one attached hydrogen (secondary N) is 1. The summed E-state index contributed by atoms with van der Waals surface area (Å²) in [5.74, 6) is 0. The van der Waals surface area contributed by atoms with E-state index in [0.717, 1.165) is 25.4 Å². The molecule has 1 aliphatic heterocycles. The van der Waals surface area contributed by atoms with Gasteiger partial charge in [0, 0.05) is 26.2 Å². The maximum absolute atomic E-state index is 6.37. The molecule has 0 aromatic heterocycles. The Balaban J connectivity index is 2.70. The van der Waals surface area contributed by atoms with Gasteiger partial charge >= 0.3 is 8.56 Å². The summed E-state index contributed by atoms with van der Waals surface area (Å²) in [7, 11) is -0.152. The molecule has 0 bridgehead atoms. The topological polar surface area (TPSA) is 56.5 Å². The van der Waals surface area contributed by atoms with E-state index < -0.39 is 8.56 Å². The zero-order chi connectivity index (χ0) is 12.9. The number of nitrogens with two attached hydrogens (primary N) is 1. The van der Waals surface area contributed by atoms with Crippen LogP contribution >= 0.6 is 0 Å². The molecule has 1 aliphatic rings. The summed E-state index contributed by atoms with van der Waals surface area (Å²) in [4.78, 5) is 0. The summed E-state index contributed by atoms with van der Waals surface area (Å²) in [6, 6.07) is 1.47. The molecule has 1 rings (SSSR count). The fraction of sp³-hybridized carbons (Fsp3) is 1.00. The lowest BCUT2D eigenvalue weighted by molar-refractivity contribution is -0.0134. The van der Waals surface area contributed by atoms with Crippen LogP contribution in [-0.2, 0) is 8.85 Å². The third-order valence-electron chi connectivity index (χ3n) is 3.87. The van der Waals surface area contributed by atoms with Crippen molar-refractivity contribution in [3.63, 3.8) is 0 Å². The van der Waals surface area contributed by atoms with E-state index in [-0.39, 0.29) is 5.60 Å². The highest BCUT2D eigenvalue weighted by Gasteiger charge is 2.46. The molecule has 0 amide bonds. The Hall–Kier alpha value is 0.0569. The lowest BCUT2D eigenvalue weighted by atomic mass is 9.89. The van der Waals surface area contributed by atoms with Crippen molar-refractivity contribution in [3.05, 3.63) is 0 Å². The Bertz CT molecular complexity index is 243. The molecule has 1 heterocycles. The standard InChI is InChI=1S/C12H28N2O2Si/c1-5-11(14-9-8-13)12(2)7-6-10-17(4,15-3)16-12/h11,14H,5-10,13H2,1-4H3. The second kappa shape index (κ2) is 6.29. The molecule has 4 nitrogen and oxygen atoms in total. The fourth-order valence-corrected chi connectivity index (χ4v) is 5.23. The molecule has 102 valence electrons. The Labute approximate surface area is 106 Å². The van der Waals surface area contributed by atoms with E-state index >= 15 is 0 Å². The van der Waals surface area contributed by atoms with Crippen LogP contribution in [0.15, 0.2) is 0 Å². The van der Waals surface area contributed by atoms with Crippen molar-refractivity contribution in [2.24, 2.45) is 5.73 Å². The van der Waals surface area contributed by atoms with Gasteiger partial charge in [-0.15, -0.1) is 0 Å². The van der Waals surface area contributed by atoms with Gasteiger partial charge in [0.05, 0.1) is 5.60 Å². The van der Waals surface area contributed by atoms with Gasteiger partial charge in [0.15, 0.2) is 0 Å². The van der Waals surface area contributed by atoms with Crippen molar-refractivity contribution >= 4 is 8.56 Å². The first-order chi connectivity index (χ1) is 7.99. The maximum Gasteiger partial charge on any atom is 0.335 e. The molecule has 0 aromatic rings. The molecular formula is C12H28N2O2Si. The van der Waals surface area contributed by atoms with Crippen molar-refractivity contribution in [3.8, 4) is 0 Å².